The summed E-state index contributed by atoms with van der Waals surface area (Å²) in [4.78, 5) is 4.27. The van der Waals surface area contributed by atoms with Gasteiger partial charge in [0.2, 0.25) is 5.82 Å². The van der Waals surface area contributed by atoms with Crippen LogP contribution in [0.5, 0.6) is 0 Å². The number of para-hydroxylation sites is 1. The molecule has 0 amide bonds. The van der Waals surface area contributed by atoms with Crippen LogP contribution in [-0.4, -0.2) is 25.6 Å². The van der Waals surface area contributed by atoms with Gasteiger partial charge in [0.25, 0.3) is 0 Å². The van der Waals surface area contributed by atoms with E-state index in [1.807, 2.05) is 30.3 Å². The zero-order valence-electron chi connectivity index (χ0n) is 7.75. The lowest BCUT2D eigenvalue weighted by molar-refractivity contribution is 0.881. The summed E-state index contributed by atoms with van der Waals surface area (Å²) in [6.07, 6.45) is 1.74. The third kappa shape index (κ3) is 1.25. The molecule has 2 heterocycles. The van der Waals surface area contributed by atoms with Gasteiger partial charge in [0, 0.05) is 17.1 Å². The van der Waals surface area contributed by atoms with E-state index in [2.05, 4.69) is 25.6 Å². The average molecular weight is 197 g/mol. The van der Waals surface area contributed by atoms with Crippen molar-refractivity contribution in [2.45, 2.75) is 0 Å². The second-order valence-electron chi connectivity index (χ2n) is 3.11. The lowest BCUT2D eigenvalue weighted by atomic mass is 10.1. The highest BCUT2D eigenvalue weighted by Crippen LogP contribution is 2.23. The topological polar surface area (TPSA) is 67.3 Å². The standard InChI is InChI=1S/C10H7N5/c1-2-4-9-7(3-1)8(5-6-11-9)10-12-14-15-13-10/h1-6H,(H,12,13,14,15). The van der Waals surface area contributed by atoms with Crippen molar-refractivity contribution in [1.29, 1.82) is 0 Å². The summed E-state index contributed by atoms with van der Waals surface area (Å²) < 4.78 is 0. The first-order valence-electron chi connectivity index (χ1n) is 4.53. The second kappa shape index (κ2) is 3.13. The Morgan fingerprint density at radius 1 is 1.07 bits per heavy atom. The highest BCUT2D eigenvalue weighted by atomic mass is 15.5. The average Bonchev–Trinajstić information content (AvgIpc) is 2.82. The van der Waals surface area contributed by atoms with Gasteiger partial charge in [-0.25, -0.2) is 0 Å². The summed E-state index contributed by atoms with van der Waals surface area (Å²) in [5.41, 5.74) is 1.87. The van der Waals surface area contributed by atoms with Gasteiger partial charge in [-0.15, -0.1) is 10.2 Å². The van der Waals surface area contributed by atoms with E-state index in [0.717, 1.165) is 16.5 Å². The van der Waals surface area contributed by atoms with Crippen LogP contribution in [0.25, 0.3) is 22.3 Å². The highest BCUT2D eigenvalue weighted by Gasteiger charge is 2.06. The van der Waals surface area contributed by atoms with Crippen LogP contribution in [0.1, 0.15) is 0 Å². The number of hydrogen-bond donors (Lipinski definition) is 1. The SMILES string of the molecule is c1ccc2c(-c3nn[nH]n3)ccnc2c1. The minimum absolute atomic E-state index is 0.591. The van der Waals surface area contributed by atoms with Crippen molar-refractivity contribution in [2.75, 3.05) is 0 Å². The molecule has 5 nitrogen and oxygen atoms in total. The van der Waals surface area contributed by atoms with E-state index >= 15 is 0 Å². The van der Waals surface area contributed by atoms with Gasteiger partial charge < -0.3 is 0 Å². The molecule has 1 N–H and O–H groups in total. The van der Waals surface area contributed by atoms with Crippen LogP contribution in [0.2, 0.25) is 0 Å². The number of rotatable bonds is 1. The second-order valence-corrected chi connectivity index (χ2v) is 3.11. The molecule has 0 saturated heterocycles. The van der Waals surface area contributed by atoms with Gasteiger partial charge in [0.15, 0.2) is 0 Å². The van der Waals surface area contributed by atoms with E-state index in [0.29, 0.717) is 5.82 Å². The summed E-state index contributed by atoms with van der Waals surface area (Å²) in [5, 5.41) is 14.9. The molecule has 1 aromatic carbocycles. The summed E-state index contributed by atoms with van der Waals surface area (Å²) in [7, 11) is 0. The maximum Gasteiger partial charge on any atom is 0.205 e. The highest BCUT2D eigenvalue weighted by molar-refractivity contribution is 5.92. The van der Waals surface area contributed by atoms with Crippen molar-refractivity contribution in [2.24, 2.45) is 0 Å². The third-order valence-electron chi connectivity index (χ3n) is 2.24. The lowest BCUT2D eigenvalue weighted by Gasteiger charge is -2.00. The Balaban J connectivity index is 2.36. The number of H-pyrrole nitrogens is 1. The quantitative estimate of drug-likeness (QED) is 0.640. The number of fused-ring (bicyclic) bond motifs is 1. The van der Waals surface area contributed by atoms with Gasteiger partial charge in [-0.05, 0) is 17.3 Å². The Bertz CT molecular complexity index is 582. The third-order valence-corrected chi connectivity index (χ3v) is 2.24. The van der Waals surface area contributed by atoms with Gasteiger partial charge in [-0.2, -0.15) is 5.21 Å². The molecule has 3 rings (SSSR count). The fraction of sp³-hybridized carbons (Fsp3) is 0. The van der Waals surface area contributed by atoms with E-state index in [4.69, 9.17) is 0 Å². The largest absolute Gasteiger partial charge is 0.256 e. The Labute approximate surface area is 85.2 Å². The molecule has 0 aliphatic carbocycles. The monoisotopic (exact) mass is 197 g/mol. The Morgan fingerprint density at radius 2 is 2.00 bits per heavy atom. The predicted octanol–water partition coefficient (Wildman–Crippen LogP) is 1.41. The number of hydrogen-bond acceptors (Lipinski definition) is 4. The number of tetrazole rings is 1. The van der Waals surface area contributed by atoms with Gasteiger partial charge in [-0.1, -0.05) is 18.2 Å². The summed E-state index contributed by atoms with van der Waals surface area (Å²) in [6.45, 7) is 0. The normalized spacial score (nSPS) is 10.7. The lowest BCUT2D eigenvalue weighted by Crippen LogP contribution is -1.85. The van der Waals surface area contributed by atoms with Gasteiger partial charge in [0.1, 0.15) is 0 Å². The molecule has 0 atom stereocenters. The van der Waals surface area contributed by atoms with Crippen LogP contribution < -0.4 is 0 Å². The van der Waals surface area contributed by atoms with Gasteiger partial charge in [0.05, 0.1) is 5.52 Å². The minimum Gasteiger partial charge on any atom is -0.256 e. The maximum absolute atomic E-state index is 4.27. The number of aromatic amines is 1. The molecule has 0 saturated carbocycles. The van der Waals surface area contributed by atoms with Gasteiger partial charge >= 0.3 is 0 Å². The summed E-state index contributed by atoms with van der Waals surface area (Å²) in [5.74, 6) is 0.591. The smallest absolute Gasteiger partial charge is 0.205 e. The summed E-state index contributed by atoms with van der Waals surface area (Å²) in [6, 6.07) is 9.75. The molecule has 5 heteroatoms. The van der Waals surface area contributed by atoms with Crippen molar-refractivity contribution in [3.8, 4) is 11.4 Å². The van der Waals surface area contributed by atoms with Crippen LogP contribution in [0.15, 0.2) is 36.5 Å². The number of aromatic nitrogens is 5. The van der Waals surface area contributed by atoms with Gasteiger partial charge in [-0.3, -0.25) is 4.98 Å². The molecule has 0 aliphatic rings. The van der Waals surface area contributed by atoms with Crippen LogP contribution >= 0.6 is 0 Å². The fourth-order valence-electron chi connectivity index (χ4n) is 1.57. The number of pyridine rings is 1. The van der Waals surface area contributed by atoms with Crippen molar-refractivity contribution in [1.82, 2.24) is 25.6 Å². The first-order chi connectivity index (χ1) is 7.45. The molecule has 0 bridgehead atoms. The van der Waals surface area contributed by atoms with E-state index in [1.165, 1.54) is 0 Å². The van der Waals surface area contributed by atoms with Crippen molar-refractivity contribution in [3.63, 3.8) is 0 Å². The van der Waals surface area contributed by atoms with Crippen LogP contribution in [0.3, 0.4) is 0 Å². The number of nitrogens with one attached hydrogen (secondary N) is 1. The zero-order chi connectivity index (χ0) is 10.1. The summed E-state index contributed by atoms with van der Waals surface area (Å²) >= 11 is 0. The Kier molecular flexibility index (Phi) is 1.68. The molecule has 72 valence electrons. The molecule has 0 spiro atoms. The molecule has 2 aromatic heterocycles. The van der Waals surface area contributed by atoms with E-state index < -0.39 is 0 Å². The minimum atomic E-state index is 0.591. The molecule has 0 aliphatic heterocycles. The molecular weight excluding hydrogens is 190 g/mol. The molecule has 0 fully saturated rings. The number of benzene rings is 1. The van der Waals surface area contributed by atoms with E-state index in [1.54, 1.807) is 6.20 Å². The molecular formula is C10H7N5. The Hall–Kier alpha value is -2.30. The first kappa shape index (κ1) is 8.05. The van der Waals surface area contributed by atoms with Crippen molar-refractivity contribution < 1.29 is 0 Å². The fourth-order valence-corrected chi connectivity index (χ4v) is 1.57. The van der Waals surface area contributed by atoms with Crippen LogP contribution in [0, 0.1) is 0 Å². The van der Waals surface area contributed by atoms with E-state index in [-0.39, 0.29) is 0 Å². The first-order valence-corrected chi connectivity index (χ1v) is 4.53. The number of nitrogens with zero attached hydrogens (tertiary/aromatic N) is 4. The van der Waals surface area contributed by atoms with Crippen molar-refractivity contribution >= 4 is 10.9 Å². The molecule has 15 heavy (non-hydrogen) atoms. The zero-order valence-corrected chi connectivity index (χ0v) is 7.75. The van der Waals surface area contributed by atoms with E-state index in [9.17, 15) is 0 Å². The molecule has 0 radical (unpaired) electrons. The molecule has 3 aromatic rings. The maximum atomic E-state index is 4.27. The van der Waals surface area contributed by atoms with Crippen LogP contribution in [-0.2, 0) is 0 Å². The van der Waals surface area contributed by atoms with Crippen molar-refractivity contribution in [3.05, 3.63) is 36.5 Å². The predicted molar refractivity (Wildman–Crippen MR) is 54.9 cm³/mol. The van der Waals surface area contributed by atoms with Crippen LogP contribution in [0.4, 0.5) is 0 Å². The molecule has 0 unspecified atom stereocenters. The Morgan fingerprint density at radius 3 is 2.87 bits per heavy atom.